The number of rotatable bonds is 5. The van der Waals surface area contributed by atoms with Crippen LogP contribution in [0.4, 0.5) is 0 Å². The average molecular weight is 242 g/mol. The van der Waals surface area contributed by atoms with Gasteiger partial charge in [0, 0.05) is 6.54 Å². The van der Waals surface area contributed by atoms with Gasteiger partial charge < -0.3 is 11.1 Å². The van der Waals surface area contributed by atoms with Gasteiger partial charge in [-0.3, -0.25) is 4.79 Å². The van der Waals surface area contributed by atoms with Crippen molar-refractivity contribution in [1.29, 1.82) is 0 Å². The van der Waals surface area contributed by atoms with Crippen LogP contribution in [0.15, 0.2) is 0 Å². The van der Waals surface area contributed by atoms with E-state index >= 15 is 0 Å². The minimum Gasteiger partial charge on any atom is -0.393 e. The first-order chi connectivity index (χ1) is 7.52. The van der Waals surface area contributed by atoms with Gasteiger partial charge in [-0.2, -0.15) is 0 Å². The lowest BCUT2D eigenvalue weighted by Gasteiger charge is -2.20. The van der Waals surface area contributed by atoms with Crippen molar-refractivity contribution in [3.8, 4) is 0 Å². The highest BCUT2D eigenvalue weighted by Crippen LogP contribution is 2.24. The van der Waals surface area contributed by atoms with Crippen molar-refractivity contribution in [2.24, 2.45) is 23.5 Å². The lowest BCUT2D eigenvalue weighted by atomic mass is 9.94. The summed E-state index contributed by atoms with van der Waals surface area (Å²) in [6, 6.07) is 0. The van der Waals surface area contributed by atoms with Gasteiger partial charge in [0.2, 0.25) is 5.91 Å². The highest BCUT2D eigenvalue weighted by molar-refractivity contribution is 7.80. The van der Waals surface area contributed by atoms with Crippen LogP contribution in [0.2, 0.25) is 0 Å². The molecule has 0 aromatic carbocycles. The van der Waals surface area contributed by atoms with Crippen LogP contribution >= 0.6 is 12.2 Å². The highest BCUT2D eigenvalue weighted by atomic mass is 32.1. The fourth-order valence-electron chi connectivity index (χ4n) is 2.33. The molecule has 0 bridgehead atoms. The number of hydrogen-bond acceptors (Lipinski definition) is 2. The van der Waals surface area contributed by atoms with Gasteiger partial charge >= 0.3 is 0 Å². The van der Waals surface area contributed by atoms with Gasteiger partial charge in [-0.15, -0.1) is 0 Å². The summed E-state index contributed by atoms with van der Waals surface area (Å²) in [5, 5.41) is 2.98. The van der Waals surface area contributed by atoms with Crippen molar-refractivity contribution >= 4 is 23.1 Å². The van der Waals surface area contributed by atoms with Crippen molar-refractivity contribution in [3.05, 3.63) is 0 Å². The summed E-state index contributed by atoms with van der Waals surface area (Å²) in [6.07, 6.45) is 5.06. The summed E-state index contributed by atoms with van der Waals surface area (Å²) in [5.41, 5.74) is 5.59. The Balaban J connectivity index is 2.39. The van der Waals surface area contributed by atoms with Crippen LogP contribution in [-0.2, 0) is 4.79 Å². The number of nitrogens with one attached hydrogen (secondary N) is 1. The third kappa shape index (κ3) is 3.74. The van der Waals surface area contributed by atoms with E-state index in [-0.39, 0.29) is 17.7 Å². The molecule has 1 saturated carbocycles. The number of amides is 1. The minimum absolute atomic E-state index is 0.00519. The van der Waals surface area contributed by atoms with E-state index in [2.05, 4.69) is 5.32 Å². The van der Waals surface area contributed by atoms with Crippen LogP contribution in [0.25, 0.3) is 0 Å². The van der Waals surface area contributed by atoms with Crippen molar-refractivity contribution in [2.45, 2.75) is 39.5 Å². The van der Waals surface area contributed by atoms with E-state index in [1.165, 1.54) is 25.7 Å². The second-order valence-electron chi connectivity index (χ2n) is 5.02. The molecule has 1 rings (SSSR count). The number of carbonyl (C=O) groups is 1. The molecule has 3 N–H and O–H groups in total. The first kappa shape index (κ1) is 13.4. The van der Waals surface area contributed by atoms with E-state index in [9.17, 15) is 4.79 Å². The Morgan fingerprint density at radius 2 is 2.00 bits per heavy atom. The Kier molecular flexibility index (Phi) is 5.19. The second-order valence-corrected chi connectivity index (χ2v) is 5.49. The maximum Gasteiger partial charge on any atom is 0.230 e. The van der Waals surface area contributed by atoms with Crippen molar-refractivity contribution < 1.29 is 4.79 Å². The molecule has 3 nitrogen and oxygen atoms in total. The van der Waals surface area contributed by atoms with E-state index in [1.807, 2.05) is 13.8 Å². The Hall–Kier alpha value is -0.640. The largest absolute Gasteiger partial charge is 0.393 e. The molecule has 1 aliphatic carbocycles. The van der Waals surface area contributed by atoms with Gasteiger partial charge in [-0.25, -0.2) is 0 Å². The van der Waals surface area contributed by atoms with E-state index in [4.69, 9.17) is 18.0 Å². The summed E-state index contributed by atoms with van der Waals surface area (Å²) in [7, 11) is 0. The molecule has 0 radical (unpaired) electrons. The molecular formula is C12H22N2OS. The summed E-state index contributed by atoms with van der Waals surface area (Å²) >= 11 is 4.94. The molecule has 0 aromatic rings. The number of carbonyl (C=O) groups excluding carboxylic acids is 1. The van der Waals surface area contributed by atoms with E-state index in [0.717, 1.165) is 6.54 Å². The van der Waals surface area contributed by atoms with Crippen LogP contribution < -0.4 is 11.1 Å². The average Bonchev–Trinajstić information content (AvgIpc) is 2.65. The summed E-state index contributed by atoms with van der Waals surface area (Å²) in [4.78, 5) is 12.2. The minimum atomic E-state index is -0.323. The number of thiocarbonyl (C=S) groups is 1. The summed E-state index contributed by atoms with van der Waals surface area (Å²) < 4.78 is 0. The molecule has 0 saturated heterocycles. The van der Waals surface area contributed by atoms with Gasteiger partial charge in [0.25, 0.3) is 0 Å². The molecule has 1 fully saturated rings. The smallest absolute Gasteiger partial charge is 0.230 e. The van der Waals surface area contributed by atoms with E-state index in [0.29, 0.717) is 10.9 Å². The fourth-order valence-corrected chi connectivity index (χ4v) is 2.71. The molecule has 0 heterocycles. The quantitative estimate of drug-likeness (QED) is 0.723. The normalized spacial score (nSPS) is 18.7. The topological polar surface area (TPSA) is 55.1 Å². The van der Waals surface area contributed by atoms with Crippen LogP contribution in [0.3, 0.4) is 0 Å². The van der Waals surface area contributed by atoms with Crippen LogP contribution in [0, 0.1) is 17.8 Å². The molecule has 1 amide bonds. The maximum atomic E-state index is 11.9. The molecule has 92 valence electrons. The monoisotopic (exact) mass is 242 g/mol. The zero-order valence-corrected chi connectivity index (χ0v) is 11.0. The molecule has 0 aromatic heterocycles. The lowest BCUT2D eigenvalue weighted by Crippen LogP contribution is -2.42. The number of hydrogen-bond donors (Lipinski definition) is 2. The molecule has 16 heavy (non-hydrogen) atoms. The first-order valence-corrected chi connectivity index (χ1v) is 6.50. The molecule has 0 spiro atoms. The Morgan fingerprint density at radius 1 is 1.44 bits per heavy atom. The molecule has 1 unspecified atom stereocenters. The zero-order valence-electron chi connectivity index (χ0n) is 10.2. The van der Waals surface area contributed by atoms with Gasteiger partial charge in [0.15, 0.2) is 0 Å². The van der Waals surface area contributed by atoms with Crippen molar-refractivity contribution in [3.63, 3.8) is 0 Å². The molecular weight excluding hydrogens is 220 g/mol. The molecule has 1 aliphatic rings. The summed E-state index contributed by atoms with van der Waals surface area (Å²) in [5.74, 6) is 0.495. The van der Waals surface area contributed by atoms with Gasteiger partial charge in [-0.1, -0.05) is 38.9 Å². The molecule has 4 heteroatoms. The van der Waals surface area contributed by atoms with Gasteiger partial charge in [0.1, 0.15) is 0 Å². The van der Waals surface area contributed by atoms with Crippen molar-refractivity contribution in [2.75, 3.05) is 6.54 Å². The fraction of sp³-hybridized carbons (Fsp3) is 0.833. The maximum absolute atomic E-state index is 11.9. The Morgan fingerprint density at radius 3 is 2.44 bits per heavy atom. The summed E-state index contributed by atoms with van der Waals surface area (Å²) in [6.45, 7) is 4.72. The van der Waals surface area contributed by atoms with Gasteiger partial charge in [0.05, 0.1) is 10.9 Å². The predicted octanol–water partition coefficient (Wildman–Crippen LogP) is 1.85. The third-order valence-corrected chi connectivity index (χ3v) is 3.55. The Bertz CT molecular complexity index is 260. The van der Waals surface area contributed by atoms with Crippen LogP contribution in [0.1, 0.15) is 39.5 Å². The third-order valence-electron chi connectivity index (χ3n) is 3.30. The van der Waals surface area contributed by atoms with E-state index in [1.54, 1.807) is 0 Å². The predicted molar refractivity (Wildman–Crippen MR) is 70.1 cm³/mol. The van der Waals surface area contributed by atoms with Crippen LogP contribution in [-0.4, -0.2) is 17.4 Å². The van der Waals surface area contributed by atoms with Crippen molar-refractivity contribution in [1.82, 2.24) is 5.32 Å². The highest BCUT2D eigenvalue weighted by Gasteiger charge is 2.25. The van der Waals surface area contributed by atoms with E-state index < -0.39 is 0 Å². The van der Waals surface area contributed by atoms with Crippen LogP contribution in [0.5, 0.6) is 0 Å². The second kappa shape index (κ2) is 6.18. The zero-order chi connectivity index (χ0) is 12.1. The Labute approximate surface area is 103 Å². The number of nitrogens with two attached hydrogens (primary N) is 1. The van der Waals surface area contributed by atoms with Gasteiger partial charge in [-0.05, 0) is 24.7 Å². The first-order valence-electron chi connectivity index (χ1n) is 6.09. The lowest BCUT2D eigenvalue weighted by molar-refractivity contribution is -0.124. The molecule has 0 aliphatic heterocycles. The standard InChI is InChI=1S/C12H22N2OS/c1-8(2)10(11(13)16)12(15)14-7-9-5-3-4-6-9/h8-10H,3-7H2,1-2H3,(H2,13,16)(H,14,15). The molecule has 1 atom stereocenters. The SMILES string of the molecule is CC(C)C(C(=O)NCC1CCCC1)C(N)=S.